The van der Waals surface area contributed by atoms with Gasteiger partial charge in [0.1, 0.15) is 24.4 Å². The zero-order valence-electron chi connectivity index (χ0n) is 18.2. The minimum Gasteiger partial charge on any atom is -0.497 e. The van der Waals surface area contributed by atoms with E-state index in [1.807, 2.05) is 30.5 Å². The molecule has 3 saturated heterocycles. The smallest absolute Gasteiger partial charge is 0.131 e. The van der Waals surface area contributed by atoms with Crippen LogP contribution in [0.5, 0.6) is 5.75 Å². The number of methoxy groups -OCH3 is 1. The van der Waals surface area contributed by atoms with Crippen LogP contribution in [0.2, 0.25) is 0 Å². The Morgan fingerprint density at radius 1 is 1.23 bits per heavy atom. The number of aromatic nitrogens is 1. The highest BCUT2D eigenvalue weighted by atomic mass is 16.5. The molecule has 0 radical (unpaired) electrons. The number of fused-ring (bicyclic) bond motifs is 4. The van der Waals surface area contributed by atoms with Crippen molar-refractivity contribution in [1.82, 2.24) is 4.98 Å². The SMILES string of the molecule is C=C[C@H]1C[N@+]2(Cc3ccccc3)CC[C@H]1C[C@@H]2[C@H](O)c1ccnc2ccc(OC)cc12. The first-order valence-electron chi connectivity index (χ1n) is 11.3. The molecule has 4 heterocycles. The molecule has 0 spiro atoms. The van der Waals surface area contributed by atoms with Crippen molar-refractivity contribution in [2.24, 2.45) is 11.8 Å². The molecule has 5 atom stereocenters. The summed E-state index contributed by atoms with van der Waals surface area (Å²) in [5.74, 6) is 1.92. The van der Waals surface area contributed by atoms with Crippen LogP contribution < -0.4 is 4.74 Å². The van der Waals surface area contributed by atoms with E-state index >= 15 is 0 Å². The fraction of sp³-hybridized carbons (Fsp3) is 0.370. The fourth-order valence-electron chi connectivity index (χ4n) is 6.07. The van der Waals surface area contributed by atoms with Crippen molar-refractivity contribution < 1.29 is 14.3 Å². The Morgan fingerprint density at radius 2 is 2.06 bits per heavy atom. The Balaban J connectivity index is 1.56. The second-order valence-corrected chi connectivity index (χ2v) is 9.25. The predicted octanol–water partition coefficient (Wildman–Crippen LogP) is 4.89. The quantitative estimate of drug-likeness (QED) is 0.460. The summed E-state index contributed by atoms with van der Waals surface area (Å²) in [6, 6.07) is 18.8. The number of ether oxygens (including phenoxy) is 1. The van der Waals surface area contributed by atoms with Gasteiger partial charge >= 0.3 is 0 Å². The van der Waals surface area contributed by atoms with Crippen LogP contribution in [-0.2, 0) is 6.54 Å². The van der Waals surface area contributed by atoms with E-state index in [9.17, 15) is 5.11 Å². The molecule has 4 nitrogen and oxygen atoms in total. The number of piperidine rings is 3. The maximum Gasteiger partial charge on any atom is 0.131 e. The largest absolute Gasteiger partial charge is 0.497 e. The van der Waals surface area contributed by atoms with Gasteiger partial charge in [-0.05, 0) is 35.7 Å². The lowest BCUT2D eigenvalue weighted by Crippen LogP contribution is -2.67. The molecule has 4 heteroatoms. The fourth-order valence-corrected chi connectivity index (χ4v) is 6.07. The second kappa shape index (κ2) is 8.10. The maximum absolute atomic E-state index is 11.8. The van der Waals surface area contributed by atoms with Gasteiger partial charge in [0, 0.05) is 35.9 Å². The van der Waals surface area contributed by atoms with Gasteiger partial charge in [-0.1, -0.05) is 36.4 Å². The van der Waals surface area contributed by atoms with Crippen LogP contribution in [-0.4, -0.2) is 40.8 Å². The molecule has 3 aliphatic heterocycles. The van der Waals surface area contributed by atoms with Crippen molar-refractivity contribution in [3.05, 3.63) is 84.6 Å². The highest BCUT2D eigenvalue weighted by molar-refractivity contribution is 5.83. The van der Waals surface area contributed by atoms with Gasteiger partial charge in [-0.15, -0.1) is 6.58 Å². The van der Waals surface area contributed by atoms with E-state index in [0.717, 1.165) is 52.8 Å². The second-order valence-electron chi connectivity index (χ2n) is 9.25. The van der Waals surface area contributed by atoms with Gasteiger partial charge in [0.2, 0.25) is 0 Å². The van der Waals surface area contributed by atoms with E-state index in [-0.39, 0.29) is 6.04 Å². The van der Waals surface area contributed by atoms with Crippen LogP contribution in [0.25, 0.3) is 10.9 Å². The monoisotopic (exact) mass is 415 g/mol. The molecule has 0 unspecified atom stereocenters. The molecule has 1 N–H and O–H groups in total. The highest BCUT2D eigenvalue weighted by Gasteiger charge is 2.53. The molecule has 31 heavy (non-hydrogen) atoms. The zero-order chi connectivity index (χ0) is 21.4. The summed E-state index contributed by atoms with van der Waals surface area (Å²) < 4.78 is 6.38. The van der Waals surface area contributed by atoms with Gasteiger partial charge in [0.05, 0.1) is 25.7 Å². The van der Waals surface area contributed by atoms with Crippen LogP contribution in [0.4, 0.5) is 0 Å². The number of benzene rings is 2. The van der Waals surface area contributed by atoms with Crippen LogP contribution in [0.3, 0.4) is 0 Å². The number of nitrogens with zero attached hydrogens (tertiary/aromatic N) is 2. The molecule has 1 aromatic heterocycles. The highest BCUT2D eigenvalue weighted by Crippen LogP contribution is 2.48. The summed E-state index contributed by atoms with van der Waals surface area (Å²) in [4.78, 5) is 4.52. The van der Waals surface area contributed by atoms with Crippen molar-refractivity contribution in [2.75, 3.05) is 20.2 Å². The molecular formula is C27H31N2O2+. The van der Waals surface area contributed by atoms with Crippen LogP contribution in [0, 0.1) is 11.8 Å². The summed E-state index contributed by atoms with van der Waals surface area (Å²) >= 11 is 0. The van der Waals surface area contributed by atoms with E-state index in [2.05, 4.69) is 48.0 Å². The summed E-state index contributed by atoms with van der Waals surface area (Å²) in [7, 11) is 1.68. The van der Waals surface area contributed by atoms with Gasteiger partial charge in [0.15, 0.2) is 0 Å². The molecule has 0 aliphatic carbocycles. The summed E-state index contributed by atoms with van der Waals surface area (Å²) in [5.41, 5.74) is 3.19. The Morgan fingerprint density at radius 3 is 2.84 bits per heavy atom. The van der Waals surface area contributed by atoms with Crippen molar-refractivity contribution >= 4 is 10.9 Å². The van der Waals surface area contributed by atoms with Crippen LogP contribution >= 0.6 is 0 Å². The molecule has 2 bridgehead atoms. The van der Waals surface area contributed by atoms with Gasteiger partial charge in [-0.2, -0.15) is 0 Å². The van der Waals surface area contributed by atoms with Crippen LogP contribution in [0.15, 0.2) is 73.4 Å². The van der Waals surface area contributed by atoms with Crippen molar-refractivity contribution in [1.29, 1.82) is 0 Å². The lowest BCUT2D eigenvalue weighted by atomic mass is 9.71. The van der Waals surface area contributed by atoms with Crippen LogP contribution in [0.1, 0.15) is 30.1 Å². The maximum atomic E-state index is 11.8. The standard InChI is InChI=1S/C27H31N2O2/c1-3-20-18-29(17-19-7-5-4-6-8-19)14-12-21(20)15-26(29)27(30)23-11-13-28-25-10-9-22(31-2)16-24(23)25/h3-11,13,16,20-21,26-27,30H,1,12,14-15,17-18H2,2H3/q+1/t20-,21-,26+,27+,29+/m0/s1. The minimum atomic E-state index is -0.546. The number of hydrogen-bond donors (Lipinski definition) is 1. The number of aliphatic hydroxyl groups excluding tert-OH is 1. The summed E-state index contributed by atoms with van der Waals surface area (Å²) in [6.07, 6.45) is 5.65. The minimum absolute atomic E-state index is 0.159. The van der Waals surface area contributed by atoms with Gasteiger partial charge in [0.25, 0.3) is 0 Å². The van der Waals surface area contributed by atoms with Gasteiger partial charge in [-0.3, -0.25) is 4.98 Å². The number of quaternary nitrogens is 1. The van der Waals surface area contributed by atoms with E-state index in [4.69, 9.17) is 4.74 Å². The van der Waals surface area contributed by atoms with Crippen molar-refractivity contribution in [2.45, 2.75) is 31.5 Å². The number of rotatable bonds is 6. The zero-order valence-corrected chi connectivity index (χ0v) is 18.2. The van der Waals surface area contributed by atoms with E-state index in [0.29, 0.717) is 11.8 Å². The third kappa shape index (κ3) is 3.54. The molecule has 0 amide bonds. The first kappa shape index (κ1) is 20.2. The molecular weight excluding hydrogens is 384 g/mol. The Bertz CT molecular complexity index is 1080. The van der Waals surface area contributed by atoms with E-state index in [1.165, 1.54) is 12.0 Å². The van der Waals surface area contributed by atoms with Gasteiger partial charge in [-0.25, -0.2) is 0 Å². The normalized spacial score (nSPS) is 28.4. The third-order valence-electron chi connectivity index (χ3n) is 7.68. The van der Waals surface area contributed by atoms with E-state index < -0.39 is 6.10 Å². The molecule has 6 rings (SSSR count). The number of aliphatic hydroxyl groups is 1. The Hall–Kier alpha value is -2.69. The molecule has 3 aliphatic rings. The van der Waals surface area contributed by atoms with Gasteiger partial charge < -0.3 is 14.3 Å². The van der Waals surface area contributed by atoms with Crippen molar-refractivity contribution in [3.63, 3.8) is 0 Å². The summed E-state index contributed by atoms with van der Waals surface area (Å²) in [6.45, 7) is 7.25. The lowest BCUT2D eigenvalue weighted by molar-refractivity contribution is -0.984. The molecule has 0 saturated carbocycles. The number of hydrogen-bond acceptors (Lipinski definition) is 3. The average Bonchev–Trinajstić information content (AvgIpc) is 2.83. The van der Waals surface area contributed by atoms with E-state index in [1.54, 1.807) is 7.11 Å². The summed E-state index contributed by atoms with van der Waals surface area (Å²) in [5, 5.41) is 12.8. The van der Waals surface area contributed by atoms with Crippen molar-refractivity contribution in [3.8, 4) is 5.75 Å². The molecule has 3 fully saturated rings. The molecule has 160 valence electrons. The molecule has 2 aromatic carbocycles. The Kier molecular flexibility index (Phi) is 5.28. The predicted molar refractivity (Wildman–Crippen MR) is 124 cm³/mol. The first-order chi connectivity index (χ1) is 15.1. The molecule has 3 aromatic rings. The first-order valence-corrected chi connectivity index (χ1v) is 11.3. The lowest BCUT2D eigenvalue weighted by Gasteiger charge is -2.58. The average molecular weight is 416 g/mol. The topological polar surface area (TPSA) is 42.4 Å². The number of pyridine rings is 1. The Labute approximate surface area is 184 Å². The third-order valence-corrected chi connectivity index (χ3v) is 7.68.